The lowest BCUT2D eigenvalue weighted by Gasteiger charge is -2.05. The number of hydrogen-bond acceptors (Lipinski definition) is 3. The van der Waals surface area contributed by atoms with E-state index in [1.807, 2.05) is 0 Å². The number of halogens is 3. The number of anilines is 1. The molecule has 0 saturated heterocycles. The molecule has 0 atom stereocenters. The van der Waals surface area contributed by atoms with E-state index in [1.54, 1.807) is 31.2 Å². The standard InChI is InChI=1S/C13H10Cl2FN3/c1-8(10-4-2-3-5-12(10)16)18-19-13-11(15)6-9(14)7-17-13/h2-7H,1H3,(H,17,19)/b18-8+. The Balaban J connectivity index is 2.21. The molecule has 0 spiro atoms. The van der Waals surface area contributed by atoms with Crippen LogP contribution in [0.2, 0.25) is 10.0 Å². The van der Waals surface area contributed by atoms with Crippen LogP contribution in [-0.2, 0) is 0 Å². The number of nitrogens with one attached hydrogen (secondary N) is 1. The summed E-state index contributed by atoms with van der Waals surface area (Å²) >= 11 is 11.7. The van der Waals surface area contributed by atoms with Crippen LogP contribution in [0.4, 0.5) is 10.2 Å². The van der Waals surface area contributed by atoms with Gasteiger partial charge in [-0.3, -0.25) is 5.43 Å². The molecule has 19 heavy (non-hydrogen) atoms. The van der Waals surface area contributed by atoms with Gasteiger partial charge in [0.25, 0.3) is 0 Å². The fourth-order valence-electron chi connectivity index (χ4n) is 1.45. The van der Waals surface area contributed by atoms with Gasteiger partial charge in [0.05, 0.1) is 15.8 Å². The molecule has 0 fully saturated rings. The zero-order valence-electron chi connectivity index (χ0n) is 9.99. The molecule has 0 saturated carbocycles. The van der Waals surface area contributed by atoms with E-state index in [1.165, 1.54) is 12.3 Å². The van der Waals surface area contributed by atoms with Gasteiger partial charge in [-0.1, -0.05) is 41.4 Å². The van der Waals surface area contributed by atoms with Crippen molar-refractivity contribution in [3.05, 3.63) is 58.0 Å². The van der Waals surface area contributed by atoms with E-state index in [9.17, 15) is 4.39 Å². The van der Waals surface area contributed by atoms with Crippen molar-refractivity contribution in [2.75, 3.05) is 5.43 Å². The summed E-state index contributed by atoms with van der Waals surface area (Å²) in [5.41, 5.74) is 3.59. The molecule has 0 aliphatic carbocycles. The van der Waals surface area contributed by atoms with Crippen molar-refractivity contribution in [1.29, 1.82) is 0 Å². The zero-order valence-corrected chi connectivity index (χ0v) is 11.5. The quantitative estimate of drug-likeness (QED) is 0.675. The van der Waals surface area contributed by atoms with Crippen LogP contribution >= 0.6 is 23.2 Å². The van der Waals surface area contributed by atoms with Crippen molar-refractivity contribution in [2.45, 2.75) is 6.92 Å². The molecular formula is C13H10Cl2FN3. The second kappa shape index (κ2) is 5.99. The Morgan fingerprint density at radius 1 is 1.32 bits per heavy atom. The van der Waals surface area contributed by atoms with E-state index in [0.29, 0.717) is 27.1 Å². The molecule has 1 aromatic heterocycles. The minimum Gasteiger partial charge on any atom is -0.260 e. The fraction of sp³-hybridized carbons (Fsp3) is 0.0769. The van der Waals surface area contributed by atoms with Crippen LogP contribution in [0.3, 0.4) is 0 Å². The summed E-state index contributed by atoms with van der Waals surface area (Å²) in [5, 5.41) is 4.83. The first-order valence-electron chi connectivity index (χ1n) is 5.44. The Bertz CT molecular complexity index is 629. The van der Waals surface area contributed by atoms with E-state index in [0.717, 1.165) is 0 Å². The van der Waals surface area contributed by atoms with Crippen LogP contribution in [0.15, 0.2) is 41.6 Å². The first kappa shape index (κ1) is 13.8. The molecule has 0 amide bonds. The lowest BCUT2D eigenvalue weighted by atomic mass is 10.1. The highest BCUT2D eigenvalue weighted by Crippen LogP contribution is 2.22. The second-order valence-electron chi connectivity index (χ2n) is 3.77. The van der Waals surface area contributed by atoms with Gasteiger partial charge in [0.1, 0.15) is 5.82 Å². The zero-order chi connectivity index (χ0) is 13.8. The highest BCUT2D eigenvalue weighted by atomic mass is 35.5. The molecule has 0 aliphatic rings. The molecule has 0 aliphatic heterocycles. The minimum atomic E-state index is -0.333. The SMILES string of the molecule is C/C(=N\Nc1ncc(Cl)cc1Cl)c1ccccc1F. The summed E-state index contributed by atoms with van der Waals surface area (Å²) < 4.78 is 13.5. The van der Waals surface area contributed by atoms with Crippen molar-refractivity contribution in [2.24, 2.45) is 5.10 Å². The third kappa shape index (κ3) is 3.43. The monoisotopic (exact) mass is 297 g/mol. The lowest BCUT2D eigenvalue weighted by molar-refractivity contribution is 0.625. The molecule has 3 nitrogen and oxygen atoms in total. The van der Waals surface area contributed by atoms with E-state index in [4.69, 9.17) is 23.2 Å². The third-order valence-corrected chi connectivity index (χ3v) is 2.90. The maximum atomic E-state index is 13.5. The van der Waals surface area contributed by atoms with Gasteiger partial charge in [0.15, 0.2) is 5.82 Å². The number of nitrogens with zero attached hydrogens (tertiary/aromatic N) is 2. The number of pyridine rings is 1. The first-order chi connectivity index (χ1) is 9.08. The summed E-state index contributed by atoms with van der Waals surface area (Å²) in [6.07, 6.45) is 1.45. The average molecular weight is 298 g/mol. The first-order valence-corrected chi connectivity index (χ1v) is 6.20. The van der Waals surface area contributed by atoms with Gasteiger partial charge in [-0.15, -0.1) is 0 Å². The second-order valence-corrected chi connectivity index (χ2v) is 4.62. The average Bonchev–Trinajstić information content (AvgIpc) is 2.38. The highest BCUT2D eigenvalue weighted by molar-refractivity contribution is 6.35. The van der Waals surface area contributed by atoms with Crippen molar-refractivity contribution in [1.82, 2.24) is 4.98 Å². The summed E-state index contributed by atoms with van der Waals surface area (Å²) in [6, 6.07) is 7.93. The Labute approximate surface area is 120 Å². The van der Waals surface area contributed by atoms with Gasteiger partial charge >= 0.3 is 0 Å². The fourth-order valence-corrected chi connectivity index (χ4v) is 1.87. The van der Waals surface area contributed by atoms with Crippen molar-refractivity contribution >= 4 is 34.7 Å². The predicted octanol–water partition coefficient (Wildman–Crippen LogP) is 4.36. The Morgan fingerprint density at radius 3 is 2.74 bits per heavy atom. The van der Waals surface area contributed by atoms with Crippen LogP contribution < -0.4 is 5.43 Å². The van der Waals surface area contributed by atoms with Gasteiger partial charge in [-0.25, -0.2) is 9.37 Å². The largest absolute Gasteiger partial charge is 0.260 e. The molecule has 0 unspecified atom stereocenters. The van der Waals surface area contributed by atoms with Gasteiger partial charge in [0, 0.05) is 11.8 Å². The third-order valence-electron chi connectivity index (χ3n) is 2.40. The number of aromatic nitrogens is 1. The lowest BCUT2D eigenvalue weighted by Crippen LogP contribution is -2.03. The number of rotatable bonds is 3. The Morgan fingerprint density at radius 2 is 2.05 bits per heavy atom. The predicted molar refractivity (Wildman–Crippen MR) is 76.5 cm³/mol. The number of benzene rings is 1. The summed E-state index contributed by atoms with van der Waals surface area (Å²) in [7, 11) is 0. The normalized spacial score (nSPS) is 11.5. The van der Waals surface area contributed by atoms with Crippen LogP contribution in [0, 0.1) is 5.82 Å². The van der Waals surface area contributed by atoms with Gasteiger partial charge in [0.2, 0.25) is 0 Å². The molecule has 0 bridgehead atoms. The van der Waals surface area contributed by atoms with Crippen LogP contribution in [0.5, 0.6) is 0 Å². The molecule has 1 heterocycles. The van der Waals surface area contributed by atoms with E-state index in [-0.39, 0.29) is 5.82 Å². The minimum absolute atomic E-state index is 0.333. The van der Waals surface area contributed by atoms with E-state index >= 15 is 0 Å². The number of hydrazone groups is 1. The Hall–Kier alpha value is -1.65. The van der Waals surface area contributed by atoms with E-state index in [2.05, 4.69) is 15.5 Å². The summed E-state index contributed by atoms with van der Waals surface area (Å²) in [6.45, 7) is 1.69. The van der Waals surface area contributed by atoms with Crippen molar-refractivity contribution < 1.29 is 4.39 Å². The molecule has 2 aromatic rings. The number of hydrogen-bond donors (Lipinski definition) is 1. The summed E-state index contributed by atoms with van der Waals surface area (Å²) in [5.74, 6) is 0.0301. The van der Waals surface area contributed by atoms with Crippen LogP contribution in [-0.4, -0.2) is 10.7 Å². The molecule has 1 N–H and O–H groups in total. The van der Waals surface area contributed by atoms with Gasteiger partial charge in [-0.05, 0) is 19.1 Å². The van der Waals surface area contributed by atoms with Gasteiger partial charge in [-0.2, -0.15) is 5.10 Å². The van der Waals surface area contributed by atoms with Crippen molar-refractivity contribution in [3.63, 3.8) is 0 Å². The molecule has 1 aromatic carbocycles. The molecule has 98 valence electrons. The van der Waals surface area contributed by atoms with E-state index < -0.39 is 0 Å². The van der Waals surface area contributed by atoms with Crippen molar-refractivity contribution in [3.8, 4) is 0 Å². The smallest absolute Gasteiger partial charge is 0.165 e. The molecule has 0 radical (unpaired) electrons. The maximum absolute atomic E-state index is 13.5. The molecular weight excluding hydrogens is 288 g/mol. The maximum Gasteiger partial charge on any atom is 0.165 e. The van der Waals surface area contributed by atoms with Gasteiger partial charge < -0.3 is 0 Å². The van der Waals surface area contributed by atoms with Crippen LogP contribution in [0.25, 0.3) is 0 Å². The highest BCUT2D eigenvalue weighted by Gasteiger charge is 2.05. The topological polar surface area (TPSA) is 37.3 Å². The molecule has 6 heteroatoms. The molecule has 2 rings (SSSR count). The van der Waals surface area contributed by atoms with Crippen LogP contribution in [0.1, 0.15) is 12.5 Å². The summed E-state index contributed by atoms with van der Waals surface area (Å²) in [4.78, 5) is 3.99. The Kier molecular flexibility index (Phi) is 4.35.